The maximum Gasteiger partial charge on any atom is 0.272 e. The van der Waals surface area contributed by atoms with E-state index in [-0.39, 0.29) is 41.9 Å². The van der Waals surface area contributed by atoms with Gasteiger partial charge in [0.15, 0.2) is 6.29 Å². The number of anilines is 1. The van der Waals surface area contributed by atoms with Gasteiger partial charge < -0.3 is 24.8 Å². The highest BCUT2D eigenvalue weighted by molar-refractivity contribution is 6.76. The number of carbonyl (C=O) groups is 1. The molecule has 6 rings (SSSR count). The molecule has 0 saturated carbocycles. The van der Waals surface area contributed by atoms with Crippen LogP contribution in [0.25, 0.3) is 11.1 Å². The molecular weight excluding hydrogens is 715 g/mol. The van der Waals surface area contributed by atoms with Crippen LogP contribution >= 0.6 is 34.8 Å². The largest absolute Gasteiger partial charge is 0.392 e. The van der Waals surface area contributed by atoms with Crippen LogP contribution < -0.4 is 10.2 Å². The van der Waals surface area contributed by atoms with Gasteiger partial charge >= 0.3 is 0 Å². The van der Waals surface area contributed by atoms with Crippen molar-refractivity contribution in [3.8, 4) is 11.1 Å². The molecule has 2 heterocycles. The van der Waals surface area contributed by atoms with Gasteiger partial charge in [0.25, 0.3) is 15.4 Å². The number of nitro benzene ring substituents is 1. The molecule has 0 spiro atoms. The summed E-state index contributed by atoms with van der Waals surface area (Å²) in [6.07, 6.45) is -0.966. The normalized spacial score (nSPS) is 21.3. The molecule has 2 saturated heterocycles. The minimum absolute atomic E-state index is 0.0274. The number of ether oxygens (including phenoxy) is 2. The summed E-state index contributed by atoms with van der Waals surface area (Å²) in [4.78, 5) is 27.4. The molecule has 4 aromatic carbocycles. The molecule has 0 bridgehead atoms. The second-order valence-electron chi connectivity index (χ2n) is 12.9. The van der Waals surface area contributed by atoms with Gasteiger partial charge in [0.05, 0.1) is 23.7 Å². The topological polar surface area (TPSA) is 117 Å². The summed E-state index contributed by atoms with van der Waals surface area (Å²) in [5.41, 5.74) is 6.62. The Morgan fingerprint density at radius 1 is 0.882 bits per heavy atom. The maximum atomic E-state index is 12.0. The Morgan fingerprint density at radius 2 is 1.55 bits per heavy atom. The number of carbonyl (C=O) groups excluding carboxylic acids is 1. The Morgan fingerprint density at radius 3 is 2.18 bits per heavy atom. The molecule has 2 fully saturated rings. The number of piperazine rings is 1. The second-order valence-corrected chi connectivity index (χ2v) is 15.2. The minimum Gasteiger partial charge on any atom is -0.392 e. The first-order valence-electron chi connectivity index (χ1n) is 16.7. The van der Waals surface area contributed by atoms with Gasteiger partial charge in [-0.05, 0) is 46.0 Å². The second kappa shape index (κ2) is 16.3. The molecule has 268 valence electrons. The lowest BCUT2D eigenvalue weighted by atomic mass is 9.89. The average Bonchev–Trinajstić information content (AvgIpc) is 3.15. The standard InChI is InChI=1S/C38H39Cl3N4O6/c1-25-34(23-43-17-19-44(20-18-43)32-13-15-33(16-14-32)45(48)49)50-36(51-35(25)29-7-5-26(24-46)6-8-29)30-11-9-28(10-12-30)31-4-2-3-27(21-31)22-42-37(47)38(39,40)41/h2-16,21,25,34-36,46H,17-20,22-24H2,1H3,(H,42,47)/t25-,34+,35+,36+/m0/s1. The predicted molar refractivity (Wildman–Crippen MR) is 199 cm³/mol. The lowest BCUT2D eigenvalue weighted by Crippen LogP contribution is -2.51. The van der Waals surface area contributed by atoms with Crippen molar-refractivity contribution < 1.29 is 24.3 Å². The maximum absolute atomic E-state index is 12.0. The van der Waals surface area contributed by atoms with Gasteiger partial charge in [0, 0.05) is 68.6 Å². The molecule has 0 radical (unpaired) electrons. The smallest absolute Gasteiger partial charge is 0.272 e. The van der Waals surface area contributed by atoms with Crippen molar-refractivity contribution in [3.63, 3.8) is 0 Å². The zero-order chi connectivity index (χ0) is 36.1. The third kappa shape index (κ3) is 9.20. The van der Waals surface area contributed by atoms with E-state index in [4.69, 9.17) is 44.3 Å². The van der Waals surface area contributed by atoms with E-state index >= 15 is 0 Å². The van der Waals surface area contributed by atoms with E-state index in [2.05, 4.69) is 22.0 Å². The third-order valence-corrected chi connectivity index (χ3v) is 10.0. The minimum atomic E-state index is -2.03. The van der Waals surface area contributed by atoms with Gasteiger partial charge in [0.1, 0.15) is 0 Å². The molecule has 1 amide bonds. The number of nitrogens with zero attached hydrogens (tertiary/aromatic N) is 3. The van der Waals surface area contributed by atoms with Gasteiger partial charge in [-0.25, -0.2) is 0 Å². The van der Waals surface area contributed by atoms with Crippen molar-refractivity contribution in [3.05, 3.63) is 129 Å². The molecule has 2 N–H and O–H groups in total. The lowest BCUT2D eigenvalue weighted by molar-refractivity contribution is -0.384. The zero-order valence-electron chi connectivity index (χ0n) is 28.0. The molecule has 4 aromatic rings. The average molecular weight is 754 g/mol. The SMILES string of the molecule is C[C@H]1[C@@H](CN2CCN(c3ccc([N+](=O)[O-])cc3)CC2)O[C@@H](c2ccc(-c3cccc(CNC(=O)C(Cl)(Cl)Cl)c3)cc2)O[C@H]1c1ccc(CO)cc1. The number of alkyl halides is 3. The first-order chi connectivity index (χ1) is 24.5. The Labute approximate surface area is 312 Å². The first-order valence-corrected chi connectivity index (χ1v) is 17.9. The highest BCUT2D eigenvalue weighted by atomic mass is 35.6. The highest BCUT2D eigenvalue weighted by Gasteiger charge is 2.39. The van der Waals surface area contributed by atoms with E-state index in [0.717, 1.165) is 71.8 Å². The number of nitrogens with one attached hydrogen (secondary N) is 1. The Kier molecular flexibility index (Phi) is 11.8. The van der Waals surface area contributed by atoms with Gasteiger partial charge in [0.2, 0.25) is 0 Å². The number of amides is 1. The van der Waals surface area contributed by atoms with Crippen LogP contribution in [-0.4, -0.2) is 63.5 Å². The molecule has 0 aromatic heterocycles. The Balaban J connectivity index is 1.16. The molecule has 0 aliphatic carbocycles. The Bertz CT molecular complexity index is 1800. The molecule has 4 atom stereocenters. The summed E-state index contributed by atoms with van der Waals surface area (Å²) in [5.74, 6) is -0.646. The summed E-state index contributed by atoms with van der Waals surface area (Å²) in [5, 5.41) is 23.3. The number of nitro groups is 1. The van der Waals surface area contributed by atoms with Gasteiger partial charge in [-0.3, -0.25) is 19.8 Å². The predicted octanol–water partition coefficient (Wildman–Crippen LogP) is 7.35. The van der Waals surface area contributed by atoms with Gasteiger partial charge in [-0.15, -0.1) is 0 Å². The summed E-state index contributed by atoms with van der Waals surface area (Å²) < 4.78 is 11.4. The van der Waals surface area contributed by atoms with Crippen molar-refractivity contribution >= 4 is 52.1 Å². The highest BCUT2D eigenvalue weighted by Crippen LogP contribution is 2.42. The number of hydrogen-bond donors (Lipinski definition) is 2. The van der Waals surface area contributed by atoms with Crippen LogP contribution in [0.15, 0.2) is 97.1 Å². The fraction of sp³-hybridized carbons (Fsp3) is 0.342. The monoisotopic (exact) mass is 752 g/mol. The molecule has 0 unspecified atom stereocenters. The van der Waals surface area contributed by atoms with E-state index in [1.807, 2.05) is 84.9 Å². The fourth-order valence-electron chi connectivity index (χ4n) is 6.53. The van der Waals surface area contributed by atoms with Gasteiger partial charge in [-0.2, -0.15) is 0 Å². The number of aliphatic hydroxyl groups is 1. The lowest BCUT2D eigenvalue weighted by Gasteiger charge is -2.44. The van der Waals surface area contributed by atoms with Crippen LogP contribution in [0.3, 0.4) is 0 Å². The van der Waals surface area contributed by atoms with E-state index in [1.54, 1.807) is 12.1 Å². The van der Waals surface area contributed by atoms with E-state index in [1.165, 1.54) is 0 Å². The van der Waals surface area contributed by atoms with Crippen LogP contribution in [0.4, 0.5) is 11.4 Å². The van der Waals surface area contributed by atoms with Gasteiger partial charge in [-0.1, -0.05) is 108 Å². The zero-order valence-corrected chi connectivity index (χ0v) is 30.2. The molecule has 2 aliphatic heterocycles. The molecule has 2 aliphatic rings. The number of benzene rings is 4. The van der Waals surface area contributed by atoms with Crippen LogP contribution in [0, 0.1) is 16.0 Å². The number of aliphatic hydroxyl groups excluding tert-OH is 1. The van der Waals surface area contributed by atoms with Crippen LogP contribution in [0.2, 0.25) is 0 Å². The van der Waals surface area contributed by atoms with Crippen LogP contribution in [-0.2, 0) is 27.4 Å². The van der Waals surface area contributed by atoms with Crippen molar-refractivity contribution in [1.29, 1.82) is 0 Å². The number of hydrogen-bond acceptors (Lipinski definition) is 8. The number of rotatable bonds is 10. The fourth-order valence-corrected chi connectivity index (χ4v) is 6.73. The quantitative estimate of drug-likeness (QED) is 0.0981. The molecule has 10 nitrogen and oxygen atoms in total. The third-order valence-electron chi connectivity index (χ3n) is 9.51. The molecule has 51 heavy (non-hydrogen) atoms. The summed E-state index contributed by atoms with van der Waals surface area (Å²) >= 11 is 17.1. The van der Waals surface area contributed by atoms with Crippen LogP contribution in [0.1, 0.15) is 41.6 Å². The van der Waals surface area contributed by atoms with Crippen molar-refractivity contribution in [2.45, 2.75) is 42.4 Å². The van der Waals surface area contributed by atoms with E-state index < -0.39 is 16.0 Å². The molecule has 13 heteroatoms. The Hall–Kier alpha value is -3.74. The summed E-state index contributed by atoms with van der Waals surface area (Å²) in [6.45, 7) is 6.32. The van der Waals surface area contributed by atoms with Crippen molar-refractivity contribution in [1.82, 2.24) is 10.2 Å². The summed E-state index contributed by atoms with van der Waals surface area (Å²) in [6, 6.07) is 30.5. The van der Waals surface area contributed by atoms with Crippen molar-refractivity contribution in [2.75, 3.05) is 37.6 Å². The molecular formula is C38H39Cl3N4O6. The van der Waals surface area contributed by atoms with E-state index in [0.29, 0.717) is 0 Å². The first kappa shape index (κ1) is 37.0. The van der Waals surface area contributed by atoms with Crippen LogP contribution in [0.5, 0.6) is 0 Å². The number of non-ortho nitro benzene ring substituents is 1. The van der Waals surface area contributed by atoms with Crippen molar-refractivity contribution in [2.24, 2.45) is 5.92 Å². The summed E-state index contributed by atoms with van der Waals surface area (Å²) in [7, 11) is 0. The number of halogens is 3. The van der Waals surface area contributed by atoms with E-state index in [9.17, 15) is 20.0 Å².